The number of fused-ring (bicyclic) bond motifs is 1. The molecule has 2 aliphatic rings. The molecule has 128 valence electrons. The molecule has 4 heterocycles. The number of pyridine rings is 2. The summed E-state index contributed by atoms with van der Waals surface area (Å²) < 4.78 is 1.93. The summed E-state index contributed by atoms with van der Waals surface area (Å²) in [6.07, 6.45) is 11.0. The molecule has 0 amide bonds. The molecule has 2 fully saturated rings. The molecule has 0 spiro atoms. The van der Waals surface area contributed by atoms with Gasteiger partial charge in [0.2, 0.25) is 0 Å². The fourth-order valence-electron chi connectivity index (χ4n) is 3.83. The molecule has 5 heteroatoms. The lowest BCUT2D eigenvalue weighted by Crippen LogP contribution is -2.34. The lowest BCUT2D eigenvalue weighted by atomic mass is 9.96. The molecule has 25 heavy (non-hydrogen) atoms. The van der Waals surface area contributed by atoms with Crippen molar-refractivity contribution in [2.24, 2.45) is 5.92 Å². The van der Waals surface area contributed by atoms with E-state index in [0.717, 1.165) is 28.5 Å². The van der Waals surface area contributed by atoms with Crippen LogP contribution in [0.15, 0.2) is 42.9 Å². The molecule has 1 saturated carbocycles. The van der Waals surface area contributed by atoms with Gasteiger partial charge in [-0.25, -0.2) is 9.50 Å². The minimum atomic E-state index is 0.500. The van der Waals surface area contributed by atoms with Gasteiger partial charge in [0.05, 0.1) is 0 Å². The Kier molecular flexibility index (Phi) is 3.74. The maximum Gasteiger partial charge on any atom is 0.155 e. The molecular weight excluding hydrogens is 310 g/mol. The Morgan fingerprint density at radius 1 is 0.920 bits per heavy atom. The summed E-state index contributed by atoms with van der Waals surface area (Å²) >= 11 is 0. The van der Waals surface area contributed by atoms with Crippen molar-refractivity contribution < 1.29 is 0 Å². The lowest BCUT2D eigenvalue weighted by Gasteiger charge is -2.30. The lowest BCUT2D eigenvalue weighted by molar-refractivity contribution is 0.202. The molecule has 3 aromatic rings. The molecule has 1 aliphatic carbocycles. The van der Waals surface area contributed by atoms with Crippen LogP contribution < -0.4 is 0 Å². The second-order valence-corrected chi connectivity index (χ2v) is 7.44. The van der Waals surface area contributed by atoms with E-state index in [0.29, 0.717) is 5.92 Å². The summed E-state index contributed by atoms with van der Waals surface area (Å²) in [7, 11) is 0. The van der Waals surface area contributed by atoms with Crippen LogP contribution in [-0.4, -0.2) is 44.1 Å². The van der Waals surface area contributed by atoms with E-state index >= 15 is 0 Å². The molecule has 3 aromatic heterocycles. The monoisotopic (exact) mass is 333 g/mol. The fourth-order valence-corrected chi connectivity index (χ4v) is 3.83. The Morgan fingerprint density at radius 2 is 1.72 bits per heavy atom. The third-order valence-corrected chi connectivity index (χ3v) is 5.53. The van der Waals surface area contributed by atoms with Crippen molar-refractivity contribution >= 4 is 5.65 Å². The molecule has 0 N–H and O–H groups in total. The van der Waals surface area contributed by atoms with E-state index in [1.807, 2.05) is 29.0 Å². The summed E-state index contributed by atoms with van der Waals surface area (Å²) in [5, 5.41) is 4.79. The number of hydrogen-bond acceptors (Lipinski definition) is 4. The molecule has 0 radical (unpaired) electrons. The van der Waals surface area contributed by atoms with Gasteiger partial charge in [-0.05, 0) is 74.5 Å². The van der Waals surface area contributed by atoms with Gasteiger partial charge in [0.15, 0.2) is 11.5 Å². The minimum absolute atomic E-state index is 0.500. The van der Waals surface area contributed by atoms with Crippen LogP contribution in [0, 0.1) is 5.92 Å². The van der Waals surface area contributed by atoms with Crippen LogP contribution in [0.25, 0.3) is 16.8 Å². The van der Waals surface area contributed by atoms with Crippen molar-refractivity contribution in [1.82, 2.24) is 24.5 Å². The van der Waals surface area contributed by atoms with Gasteiger partial charge in [-0.15, -0.1) is 0 Å². The number of hydrogen-bond donors (Lipinski definition) is 0. The average Bonchev–Trinajstić information content (AvgIpc) is 3.38. The first-order chi connectivity index (χ1) is 12.3. The van der Waals surface area contributed by atoms with E-state index in [4.69, 9.17) is 10.1 Å². The van der Waals surface area contributed by atoms with Gasteiger partial charge in [-0.2, -0.15) is 5.10 Å². The molecular formula is C20H23N5. The fraction of sp³-hybridized carbons (Fsp3) is 0.450. The number of aromatic nitrogens is 4. The van der Waals surface area contributed by atoms with Crippen LogP contribution in [0.4, 0.5) is 0 Å². The van der Waals surface area contributed by atoms with Crippen molar-refractivity contribution in [3.8, 4) is 11.1 Å². The van der Waals surface area contributed by atoms with E-state index < -0.39 is 0 Å². The number of likely N-dealkylation sites (tertiary alicyclic amines) is 1. The maximum atomic E-state index is 4.79. The molecule has 1 saturated heterocycles. The first-order valence-corrected chi connectivity index (χ1v) is 9.34. The second kappa shape index (κ2) is 6.23. The van der Waals surface area contributed by atoms with Crippen molar-refractivity contribution in [3.05, 3.63) is 48.7 Å². The molecule has 0 bridgehead atoms. The van der Waals surface area contributed by atoms with Crippen molar-refractivity contribution in [3.63, 3.8) is 0 Å². The highest BCUT2D eigenvalue weighted by molar-refractivity contribution is 5.63. The Balaban J connectivity index is 1.34. The van der Waals surface area contributed by atoms with Crippen molar-refractivity contribution in [2.45, 2.75) is 31.6 Å². The second-order valence-electron chi connectivity index (χ2n) is 7.44. The minimum Gasteiger partial charge on any atom is -0.303 e. The van der Waals surface area contributed by atoms with Gasteiger partial charge in [0.25, 0.3) is 0 Å². The summed E-state index contributed by atoms with van der Waals surface area (Å²) in [4.78, 5) is 11.5. The van der Waals surface area contributed by atoms with Gasteiger partial charge in [-0.3, -0.25) is 4.98 Å². The van der Waals surface area contributed by atoms with Crippen molar-refractivity contribution in [2.75, 3.05) is 19.6 Å². The normalized spacial score (nSPS) is 19.5. The third-order valence-electron chi connectivity index (χ3n) is 5.53. The highest BCUT2D eigenvalue weighted by atomic mass is 15.3. The first kappa shape index (κ1) is 15.0. The summed E-state index contributed by atoms with van der Waals surface area (Å²) in [6.45, 7) is 3.69. The number of nitrogens with zero attached hydrogens (tertiary/aromatic N) is 5. The van der Waals surface area contributed by atoms with Crippen LogP contribution in [0.5, 0.6) is 0 Å². The maximum absolute atomic E-state index is 4.79. The molecule has 0 aromatic carbocycles. The van der Waals surface area contributed by atoms with Gasteiger partial charge < -0.3 is 4.90 Å². The van der Waals surface area contributed by atoms with E-state index in [9.17, 15) is 0 Å². The predicted octanol–water partition coefficient (Wildman–Crippen LogP) is 3.38. The van der Waals surface area contributed by atoms with Gasteiger partial charge in [-0.1, -0.05) is 0 Å². The quantitative estimate of drug-likeness (QED) is 0.734. The van der Waals surface area contributed by atoms with Crippen LogP contribution in [0.2, 0.25) is 0 Å². The van der Waals surface area contributed by atoms with Gasteiger partial charge in [0, 0.05) is 36.6 Å². The summed E-state index contributed by atoms with van der Waals surface area (Å²) in [5.41, 5.74) is 3.24. The predicted molar refractivity (Wildman–Crippen MR) is 97.4 cm³/mol. The van der Waals surface area contributed by atoms with Crippen molar-refractivity contribution in [1.29, 1.82) is 0 Å². The Hall–Kier alpha value is -2.27. The molecule has 1 aliphatic heterocycles. The standard InChI is InChI=1S/C20H23N5/c1-2-15(1)13-24-11-7-17(8-12-24)20-22-19-4-3-18(14-25(19)23-20)16-5-9-21-10-6-16/h3-6,9-10,14-15,17H,1-2,7-8,11-13H2. The zero-order valence-electron chi connectivity index (χ0n) is 14.4. The molecule has 5 nitrogen and oxygen atoms in total. The number of piperidine rings is 1. The van der Waals surface area contributed by atoms with Crippen LogP contribution in [-0.2, 0) is 0 Å². The topological polar surface area (TPSA) is 46.3 Å². The molecule has 0 unspecified atom stereocenters. The van der Waals surface area contributed by atoms with Crippen LogP contribution in [0.1, 0.15) is 37.4 Å². The Morgan fingerprint density at radius 3 is 2.48 bits per heavy atom. The zero-order chi connectivity index (χ0) is 16.6. The molecule has 0 atom stereocenters. The largest absolute Gasteiger partial charge is 0.303 e. The zero-order valence-corrected chi connectivity index (χ0v) is 14.4. The highest BCUT2D eigenvalue weighted by Crippen LogP contribution is 2.32. The van der Waals surface area contributed by atoms with E-state index in [2.05, 4.69) is 28.2 Å². The van der Waals surface area contributed by atoms with E-state index in [-0.39, 0.29) is 0 Å². The van der Waals surface area contributed by atoms with E-state index in [1.54, 1.807) is 0 Å². The summed E-state index contributed by atoms with van der Waals surface area (Å²) in [5.74, 6) is 2.49. The summed E-state index contributed by atoms with van der Waals surface area (Å²) in [6, 6.07) is 8.22. The van der Waals surface area contributed by atoms with Gasteiger partial charge >= 0.3 is 0 Å². The Bertz CT molecular complexity index is 860. The smallest absolute Gasteiger partial charge is 0.155 e. The average molecular weight is 333 g/mol. The van der Waals surface area contributed by atoms with Crippen LogP contribution in [0.3, 0.4) is 0 Å². The van der Waals surface area contributed by atoms with Gasteiger partial charge in [0.1, 0.15) is 0 Å². The Labute approximate surface area is 147 Å². The first-order valence-electron chi connectivity index (χ1n) is 9.34. The molecule has 5 rings (SSSR count). The van der Waals surface area contributed by atoms with Crippen LogP contribution >= 0.6 is 0 Å². The number of rotatable bonds is 4. The SMILES string of the molecule is c1cc(-c2ccc3nc(C4CCN(CC5CC5)CC4)nn3c2)ccn1. The van der Waals surface area contributed by atoms with E-state index in [1.165, 1.54) is 45.3 Å². The third kappa shape index (κ3) is 3.16. The highest BCUT2D eigenvalue weighted by Gasteiger charge is 2.28.